The molecule has 0 aromatic carbocycles. The first-order chi connectivity index (χ1) is 6.63. The number of nitrogens with one attached hydrogen (secondary N) is 2. The summed E-state index contributed by atoms with van der Waals surface area (Å²) in [5, 5.41) is 6.33. The van der Waals surface area contributed by atoms with Crippen LogP contribution in [0.1, 0.15) is 19.8 Å². The average Bonchev–Trinajstić information content (AvgIpc) is 2.18. The maximum atomic E-state index is 11.4. The van der Waals surface area contributed by atoms with E-state index < -0.39 is 0 Å². The van der Waals surface area contributed by atoms with Crippen molar-refractivity contribution in [1.29, 1.82) is 0 Å². The largest absolute Gasteiger partial charge is 0.347 e. The van der Waals surface area contributed by atoms with Crippen LogP contribution in [0.15, 0.2) is 5.10 Å². The van der Waals surface area contributed by atoms with Crippen molar-refractivity contribution in [3.63, 3.8) is 0 Å². The monoisotopic (exact) mass is 198 g/mol. The van der Waals surface area contributed by atoms with Crippen molar-refractivity contribution in [3.8, 4) is 0 Å². The Balaban J connectivity index is 2.49. The van der Waals surface area contributed by atoms with Crippen LogP contribution in [0, 0.1) is 0 Å². The van der Waals surface area contributed by atoms with Gasteiger partial charge in [0.05, 0.1) is 0 Å². The lowest BCUT2D eigenvalue weighted by molar-refractivity contribution is -0.121. The first-order valence-electron chi connectivity index (χ1n) is 4.50. The highest BCUT2D eigenvalue weighted by Crippen LogP contribution is 1.99. The molecule has 1 aliphatic rings. The first kappa shape index (κ1) is 10.6. The third-order valence-electron chi connectivity index (χ3n) is 1.90. The average molecular weight is 198 g/mol. The van der Waals surface area contributed by atoms with E-state index in [4.69, 9.17) is 5.73 Å². The van der Waals surface area contributed by atoms with Gasteiger partial charge in [-0.1, -0.05) is 0 Å². The predicted molar refractivity (Wildman–Crippen MR) is 51.5 cm³/mol. The highest BCUT2D eigenvalue weighted by atomic mass is 16.2. The second kappa shape index (κ2) is 4.71. The van der Waals surface area contributed by atoms with Gasteiger partial charge < -0.3 is 11.1 Å². The predicted octanol–water partition coefficient (Wildman–Crippen LogP) is -1.28. The van der Waals surface area contributed by atoms with Crippen molar-refractivity contribution in [3.05, 3.63) is 0 Å². The Morgan fingerprint density at radius 3 is 2.93 bits per heavy atom. The molecule has 0 aromatic rings. The van der Waals surface area contributed by atoms with E-state index in [0.717, 1.165) is 0 Å². The Kier molecular flexibility index (Phi) is 3.58. The zero-order valence-corrected chi connectivity index (χ0v) is 8.04. The number of nitrogens with zero attached hydrogens (tertiary/aromatic N) is 1. The van der Waals surface area contributed by atoms with Crippen LogP contribution in [0.25, 0.3) is 0 Å². The molecular formula is C8H14N4O2. The zero-order valence-electron chi connectivity index (χ0n) is 8.04. The number of hydrazone groups is 1. The molecule has 6 nitrogen and oxygen atoms in total. The normalized spacial score (nSPS) is 18.1. The van der Waals surface area contributed by atoms with Gasteiger partial charge in [0, 0.05) is 25.4 Å². The van der Waals surface area contributed by atoms with E-state index in [0.29, 0.717) is 25.1 Å². The lowest BCUT2D eigenvalue weighted by Gasteiger charge is -2.14. The summed E-state index contributed by atoms with van der Waals surface area (Å²) >= 11 is 0. The van der Waals surface area contributed by atoms with Gasteiger partial charge >= 0.3 is 0 Å². The maximum Gasteiger partial charge on any atom is 0.267 e. The van der Waals surface area contributed by atoms with Gasteiger partial charge in [-0.15, -0.1) is 0 Å². The van der Waals surface area contributed by atoms with Gasteiger partial charge in [0.2, 0.25) is 5.91 Å². The summed E-state index contributed by atoms with van der Waals surface area (Å²) in [6.45, 7) is 2.19. The Bertz CT molecular complexity index is 275. The molecule has 0 aromatic heterocycles. The molecule has 1 heterocycles. The van der Waals surface area contributed by atoms with E-state index in [-0.39, 0.29) is 17.9 Å². The smallest absolute Gasteiger partial charge is 0.267 e. The Morgan fingerprint density at radius 2 is 2.43 bits per heavy atom. The molecule has 78 valence electrons. The fraction of sp³-hybridized carbons (Fsp3) is 0.625. The lowest BCUT2D eigenvalue weighted by Crippen LogP contribution is -2.43. The summed E-state index contributed by atoms with van der Waals surface area (Å²) in [4.78, 5) is 22.2. The molecule has 4 N–H and O–H groups in total. The van der Waals surface area contributed by atoms with Crippen LogP contribution in [-0.2, 0) is 9.59 Å². The number of amides is 2. The van der Waals surface area contributed by atoms with Crippen molar-refractivity contribution >= 4 is 17.5 Å². The first-order valence-corrected chi connectivity index (χ1v) is 4.50. The van der Waals surface area contributed by atoms with Gasteiger partial charge in [0.1, 0.15) is 5.71 Å². The van der Waals surface area contributed by atoms with Gasteiger partial charge in [-0.3, -0.25) is 9.59 Å². The molecule has 0 spiro atoms. The van der Waals surface area contributed by atoms with Crippen molar-refractivity contribution in [1.82, 2.24) is 10.7 Å². The third kappa shape index (κ3) is 2.81. The van der Waals surface area contributed by atoms with Gasteiger partial charge in [-0.05, 0) is 6.92 Å². The van der Waals surface area contributed by atoms with E-state index in [1.165, 1.54) is 0 Å². The molecule has 1 atom stereocenters. The van der Waals surface area contributed by atoms with Gasteiger partial charge in [0.15, 0.2) is 0 Å². The summed E-state index contributed by atoms with van der Waals surface area (Å²) < 4.78 is 0. The fourth-order valence-corrected chi connectivity index (χ4v) is 1.00. The zero-order chi connectivity index (χ0) is 10.6. The van der Waals surface area contributed by atoms with Gasteiger partial charge in [0.25, 0.3) is 5.91 Å². The van der Waals surface area contributed by atoms with E-state index in [2.05, 4.69) is 15.8 Å². The molecule has 14 heavy (non-hydrogen) atoms. The maximum absolute atomic E-state index is 11.4. The van der Waals surface area contributed by atoms with Crippen LogP contribution in [0.5, 0.6) is 0 Å². The molecule has 0 fully saturated rings. The third-order valence-corrected chi connectivity index (χ3v) is 1.90. The van der Waals surface area contributed by atoms with Crippen LogP contribution in [0.4, 0.5) is 0 Å². The topological polar surface area (TPSA) is 96.6 Å². The SMILES string of the molecule is CC(CN)NC(=O)C1=NNC(=O)CC1. The highest BCUT2D eigenvalue weighted by Gasteiger charge is 2.18. The lowest BCUT2D eigenvalue weighted by atomic mass is 10.1. The second-order valence-electron chi connectivity index (χ2n) is 3.20. The molecule has 0 saturated heterocycles. The van der Waals surface area contributed by atoms with Crippen LogP contribution >= 0.6 is 0 Å². The minimum absolute atomic E-state index is 0.0807. The number of hydrogen-bond donors (Lipinski definition) is 3. The van der Waals surface area contributed by atoms with Crippen molar-refractivity contribution in [2.45, 2.75) is 25.8 Å². The summed E-state index contributed by atoms with van der Waals surface area (Å²) in [7, 11) is 0. The van der Waals surface area contributed by atoms with Crippen molar-refractivity contribution < 1.29 is 9.59 Å². The van der Waals surface area contributed by atoms with E-state index in [1.54, 1.807) is 6.92 Å². The minimum Gasteiger partial charge on any atom is -0.347 e. The second-order valence-corrected chi connectivity index (χ2v) is 3.20. The van der Waals surface area contributed by atoms with Crippen molar-refractivity contribution in [2.75, 3.05) is 6.54 Å². The van der Waals surface area contributed by atoms with E-state index in [9.17, 15) is 9.59 Å². The Hall–Kier alpha value is -1.43. The highest BCUT2D eigenvalue weighted by molar-refractivity contribution is 6.39. The van der Waals surface area contributed by atoms with Gasteiger partial charge in [-0.2, -0.15) is 5.10 Å². The molecular weight excluding hydrogens is 184 g/mol. The molecule has 2 amide bonds. The molecule has 0 saturated carbocycles. The van der Waals surface area contributed by atoms with Crippen molar-refractivity contribution in [2.24, 2.45) is 10.8 Å². The number of carbonyl (C=O) groups excluding carboxylic acids is 2. The van der Waals surface area contributed by atoms with Crippen LogP contribution < -0.4 is 16.5 Å². The molecule has 1 unspecified atom stereocenters. The molecule has 0 aliphatic carbocycles. The van der Waals surface area contributed by atoms with Crippen LogP contribution in [0.3, 0.4) is 0 Å². The van der Waals surface area contributed by atoms with E-state index in [1.807, 2.05) is 0 Å². The number of hydrogen-bond acceptors (Lipinski definition) is 4. The van der Waals surface area contributed by atoms with E-state index >= 15 is 0 Å². The summed E-state index contributed by atoms with van der Waals surface area (Å²) in [5.74, 6) is -0.420. The number of carbonyl (C=O) groups is 2. The standard InChI is InChI=1S/C8H14N4O2/c1-5(4-9)10-8(14)6-2-3-7(13)12-11-6/h5H,2-4,9H2,1H3,(H,10,14)(H,12,13). The molecule has 0 bridgehead atoms. The molecule has 1 rings (SSSR count). The Labute approximate surface area is 81.9 Å². The Morgan fingerprint density at radius 1 is 1.71 bits per heavy atom. The van der Waals surface area contributed by atoms with Crippen LogP contribution in [-0.4, -0.2) is 30.1 Å². The molecule has 0 radical (unpaired) electrons. The molecule has 1 aliphatic heterocycles. The fourth-order valence-electron chi connectivity index (χ4n) is 1.00. The minimum atomic E-state index is -0.261. The number of rotatable bonds is 3. The molecule has 6 heteroatoms. The summed E-state index contributed by atoms with van der Waals surface area (Å²) in [6.07, 6.45) is 0.693. The summed E-state index contributed by atoms with van der Waals surface area (Å²) in [5.41, 5.74) is 7.96. The quantitative estimate of drug-likeness (QED) is 0.526. The summed E-state index contributed by atoms with van der Waals surface area (Å²) in [6, 6.07) is -0.0807. The van der Waals surface area contributed by atoms with Gasteiger partial charge in [-0.25, -0.2) is 5.43 Å². The number of nitrogens with two attached hydrogens (primary N) is 1. The van der Waals surface area contributed by atoms with Crippen LogP contribution in [0.2, 0.25) is 0 Å².